The van der Waals surface area contributed by atoms with E-state index in [9.17, 15) is 9.59 Å². The van der Waals surface area contributed by atoms with Gasteiger partial charge in [-0.05, 0) is 31.9 Å². The van der Waals surface area contributed by atoms with Crippen LogP contribution in [0, 0.1) is 13.8 Å². The lowest BCUT2D eigenvalue weighted by Crippen LogP contribution is -2.50. The average Bonchev–Trinajstić information content (AvgIpc) is 2.51. The van der Waals surface area contributed by atoms with Gasteiger partial charge in [0.2, 0.25) is 11.8 Å². The Morgan fingerprint density at radius 3 is 2.64 bits per heavy atom. The van der Waals surface area contributed by atoms with E-state index in [4.69, 9.17) is 4.74 Å². The normalized spacial score (nSPS) is 16.2. The van der Waals surface area contributed by atoms with E-state index in [1.54, 1.807) is 11.8 Å². The molecule has 1 saturated heterocycles. The van der Waals surface area contributed by atoms with Gasteiger partial charge >= 0.3 is 0 Å². The summed E-state index contributed by atoms with van der Waals surface area (Å²) in [6.45, 7) is 8.05. The van der Waals surface area contributed by atoms with Crippen LogP contribution in [0.25, 0.3) is 0 Å². The molecule has 1 aromatic carbocycles. The van der Waals surface area contributed by atoms with Crippen LogP contribution < -0.4 is 5.32 Å². The number of aryl methyl sites for hydroxylation is 2. The van der Waals surface area contributed by atoms with Crippen LogP contribution in [-0.4, -0.2) is 49.1 Å². The molecule has 1 heterocycles. The average molecular weight is 304 g/mol. The van der Waals surface area contributed by atoms with Crippen molar-refractivity contribution in [1.82, 2.24) is 10.2 Å². The van der Waals surface area contributed by atoms with Crippen LogP contribution in [0.2, 0.25) is 0 Å². The first-order chi connectivity index (χ1) is 10.5. The van der Waals surface area contributed by atoms with Crippen LogP contribution in [0.5, 0.6) is 0 Å². The van der Waals surface area contributed by atoms with Crippen molar-refractivity contribution in [2.45, 2.75) is 33.2 Å². The van der Waals surface area contributed by atoms with E-state index < -0.39 is 6.04 Å². The highest BCUT2D eigenvalue weighted by Crippen LogP contribution is 2.11. The molecule has 0 bridgehead atoms. The van der Waals surface area contributed by atoms with E-state index in [0.29, 0.717) is 32.7 Å². The zero-order valence-electron chi connectivity index (χ0n) is 13.5. The van der Waals surface area contributed by atoms with E-state index in [1.165, 1.54) is 0 Å². The smallest absolute Gasteiger partial charge is 0.245 e. The maximum Gasteiger partial charge on any atom is 0.245 e. The number of amides is 2. The van der Waals surface area contributed by atoms with Gasteiger partial charge in [0.05, 0.1) is 19.6 Å². The molecule has 1 N–H and O–H groups in total. The first kappa shape index (κ1) is 16.5. The minimum atomic E-state index is -0.504. The maximum atomic E-state index is 12.3. The molecule has 1 fully saturated rings. The molecule has 0 spiro atoms. The summed E-state index contributed by atoms with van der Waals surface area (Å²) in [5, 5.41) is 2.80. The fraction of sp³-hybridized carbons (Fsp3) is 0.529. The predicted octanol–water partition coefficient (Wildman–Crippen LogP) is 1.21. The van der Waals surface area contributed by atoms with Gasteiger partial charge < -0.3 is 15.0 Å². The molecule has 5 nitrogen and oxygen atoms in total. The van der Waals surface area contributed by atoms with E-state index in [-0.39, 0.29) is 11.8 Å². The number of morpholine rings is 1. The first-order valence-electron chi connectivity index (χ1n) is 7.69. The third-order valence-corrected chi connectivity index (χ3v) is 3.93. The Labute approximate surface area is 131 Å². The van der Waals surface area contributed by atoms with Crippen LogP contribution in [0.3, 0.4) is 0 Å². The van der Waals surface area contributed by atoms with E-state index in [0.717, 1.165) is 16.7 Å². The second kappa shape index (κ2) is 7.40. The Bertz CT molecular complexity index is 551. The fourth-order valence-corrected chi connectivity index (χ4v) is 2.58. The highest BCUT2D eigenvalue weighted by molar-refractivity contribution is 5.88. The van der Waals surface area contributed by atoms with E-state index in [1.807, 2.05) is 32.0 Å². The Kier molecular flexibility index (Phi) is 5.55. The maximum absolute atomic E-state index is 12.3. The summed E-state index contributed by atoms with van der Waals surface area (Å²) in [4.78, 5) is 26.2. The van der Waals surface area contributed by atoms with Crippen LogP contribution in [0.1, 0.15) is 23.6 Å². The number of rotatable bonds is 4. The summed E-state index contributed by atoms with van der Waals surface area (Å²) in [6.07, 6.45) is 0.300. The summed E-state index contributed by atoms with van der Waals surface area (Å²) < 4.78 is 5.23. The number of benzene rings is 1. The zero-order valence-corrected chi connectivity index (χ0v) is 13.5. The minimum absolute atomic E-state index is 0.0439. The molecule has 1 aliphatic heterocycles. The standard InChI is InChI=1S/C17H24N2O3/c1-12-4-5-13(2)15(10-12)11-16(20)18-14(3)17(21)19-6-8-22-9-7-19/h4-5,10,14H,6-9,11H2,1-3H3,(H,18,20). The summed E-state index contributed by atoms with van der Waals surface area (Å²) >= 11 is 0. The van der Waals surface area contributed by atoms with Gasteiger partial charge in [-0.2, -0.15) is 0 Å². The molecular weight excluding hydrogens is 280 g/mol. The molecule has 2 amide bonds. The number of hydrogen-bond acceptors (Lipinski definition) is 3. The van der Waals surface area contributed by atoms with Gasteiger partial charge in [-0.1, -0.05) is 23.8 Å². The molecule has 2 rings (SSSR count). The number of carbonyl (C=O) groups excluding carboxylic acids is 2. The van der Waals surface area contributed by atoms with Gasteiger partial charge in [-0.3, -0.25) is 9.59 Å². The molecule has 22 heavy (non-hydrogen) atoms. The Morgan fingerprint density at radius 1 is 1.27 bits per heavy atom. The van der Waals surface area contributed by atoms with E-state index >= 15 is 0 Å². The molecule has 1 aliphatic rings. The van der Waals surface area contributed by atoms with Crippen LogP contribution >= 0.6 is 0 Å². The van der Waals surface area contributed by atoms with Crippen molar-refractivity contribution in [1.29, 1.82) is 0 Å². The lowest BCUT2D eigenvalue weighted by Gasteiger charge is -2.29. The van der Waals surface area contributed by atoms with Gasteiger partial charge in [0.1, 0.15) is 6.04 Å². The Morgan fingerprint density at radius 2 is 1.95 bits per heavy atom. The van der Waals surface area contributed by atoms with Gasteiger partial charge in [0.15, 0.2) is 0 Å². The molecule has 0 radical (unpaired) electrons. The second-order valence-electron chi connectivity index (χ2n) is 5.83. The van der Waals surface area contributed by atoms with Crippen molar-refractivity contribution >= 4 is 11.8 Å². The molecule has 120 valence electrons. The largest absolute Gasteiger partial charge is 0.378 e. The van der Waals surface area contributed by atoms with Crippen molar-refractivity contribution in [3.63, 3.8) is 0 Å². The molecule has 1 atom stereocenters. The van der Waals surface area contributed by atoms with Crippen LogP contribution in [-0.2, 0) is 20.7 Å². The highest BCUT2D eigenvalue weighted by Gasteiger charge is 2.23. The fourth-order valence-electron chi connectivity index (χ4n) is 2.58. The molecular formula is C17H24N2O3. The lowest BCUT2D eigenvalue weighted by atomic mass is 10.0. The van der Waals surface area contributed by atoms with Crippen molar-refractivity contribution in [3.8, 4) is 0 Å². The number of carbonyl (C=O) groups is 2. The summed E-state index contributed by atoms with van der Waals surface area (Å²) in [6, 6.07) is 5.56. The van der Waals surface area contributed by atoms with Gasteiger partial charge in [0, 0.05) is 13.1 Å². The number of nitrogens with one attached hydrogen (secondary N) is 1. The summed E-state index contributed by atoms with van der Waals surface area (Å²) in [5.41, 5.74) is 3.22. The van der Waals surface area contributed by atoms with Gasteiger partial charge in [-0.15, -0.1) is 0 Å². The zero-order chi connectivity index (χ0) is 16.1. The van der Waals surface area contributed by atoms with Crippen LogP contribution in [0.15, 0.2) is 18.2 Å². The highest BCUT2D eigenvalue weighted by atomic mass is 16.5. The van der Waals surface area contributed by atoms with Crippen molar-refractivity contribution in [2.75, 3.05) is 26.3 Å². The quantitative estimate of drug-likeness (QED) is 0.909. The SMILES string of the molecule is Cc1ccc(C)c(CC(=O)NC(C)C(=O)N2CCOCC2)c1. The van der Waals surface area contributed by atoms with E-state index in [2.05, 4.69) is 5.32 Å². The van der Waals surface area contributed by atoms with Gasteiger partial charge in [0.25, 0.3) is 0 Å². The monoisotopic (exact) mass is 304 g/mol. The molecule has 5 heteroatoms. The molecule has 0 aliphatic carbocycles. The molecule has 1 unspecified atom stereocenters. The molecule has 0 saturated carbocycles. The Balaban J connectivity index is 1.90. The first-order valence-corrected chi connectivity index (χ1v) is 7.69. The van der Waals surface area contributed by atoms with Crippen molar-refractivity contribution in [3.05, 3.63) is 34.9 Å². The van der Waals surface area contributed by atoms with Crippen molar-refractivity contribution < 1.29 is 14.3 Å². The lowest BCUT2D eigenvalue weighted by molar-refractivity contribution is -0.139. The van der Waals surface area contributed by atoms with Crippen molar-refractivity contribution in [2.24, 2.45) is 0 Å². The minimum Gasteiger partial charge on any atom is -0.378 e. The van der Waals surface area contributed by atoms with Crippen LogP contribution in [0.4, 0.5) is 0 Å². The summed E-state index contributed by atoms with van der Waals surface area (Å²) in [5.74, 6) is -0.166. The number of nitrogens with zero attached hydrogens (tertiary/aromatic N) is 1. The second-order valence-corrected chi connectivity index (χ2v) is 5.83. The van der Waals surface area contributed by atoms with Gasteiger partial charge in [-0.25, -0.2) is 0 Å². The molecule has 1 aromatic rings. The summed E-state index contributed by atoms with van der Waals surface area (Å²) in [7, 11) is 0. The molecule has 0 aromatic heterocycles. The number of hydrogen-bond donors (Lipinski definition) is 1. The third-order valence-electron chi connectivity index (χ3n) is 3.93. The number of ether oxygens (including phenoxy) is 1. The third kappa shape index (κ3) is 4.31. The topological polar surface area (TPSA) is 58.6 Å². The predicted molar refractivity (Wildman–Crippen MR) is 84.6 cm³/mol. The Hall–Kier alpha value is -1.88.